The van der Waals surface area contributed by atoms with Crippen LogP contribution >= 0.6 is 11.3 Å². The fourth-order valence-corrected chi connectivity index (χ4v) is 4.71. The number of hydrogen-bond donors (Lipinski definition) is 3. The molecule has 1 heterocycles. The number of nitrogens with two attached hydrogens (primary N) is 1. The molecule has 1 aliphatic carbocycles. The third-order valence-corrected chi connectivity index (χ3v) is 6.63. The van der Waals surface area contributed by atoms with E-state index < -0.39 is 9.84 Å². The Kier molecular flexibility index (Phi) is 4.48. The summed E-state index contributed by atoms with van der Waals surface area (Å²) < 4.78 is 24.5. The van der Waals surface area contributed by atoms with Crippen molar-refractivity contribution in [3.8, 4) is 0 Å². The lowest BCUT2D eigenvalue weighted by Crippen LogP contribution is -2.22. The average Bonchev–Trinajstić information content (AvgIpc) is 2.98. The number of amides is 1. The van der Waals surface area contributed by atoms with Crippen LogP contribution in [0.15, 0.2) is 4.90 Å². The maximum absolute atomic E-state index is 12.3. The number of hydrogen-bond acceptors (Lipinski definition) is 6. The van der Waals surface area contributed by atoms with Gasteiger partial charge in [0.2, 0.25) is 0 Å². The molecule has 0 aliphatic heterocycles. The Morgan fingerprint density at radius 1 is 1.43 bits per heavy atom. The summed E-state index contributed by atoms with van der Waals surface area (Å²) in [5, 5.41) is 6.36. The van der Waals surface area contributed by atoms with Crippen LogP contribution in [0.25, 0.3) is 0 Å². The summed E-state index contributed by atoms with van der Waals surface area (Å²) in [7, 11) is -3.48. The molecule has 8 heteroatoms. The van der Waals surface area contributed by atoms with Crippen LogP contribution in [0.4, 0.5) is 10.7 Å². The van der Waals surface area contributed by atoms with Gasteiger partial charge in [0, 0.05) is 12.6 Å². The predicted molar refractivity (Wildman–Crippen MR) is 85.7 cm³/mol. The summed E-state index contributed by atoms with van der Waals surface area (Å²) in [4.78, 5) is 12.4. The Labute approximate surface area is 129 Å². The molecule has 1 aliphatic rings. The van der Waals surface area contributed by atoms with E-state index in [-0.39, 0.29) is 33.2 Å². The molecule has 0 aromatic carbocycles. The van der Waals surface area contributed by atoms with Crippen LogP contribution in [-0.2, 0) is 9.84 Å². The highest BCUT2D eigenvalue weighted by atomic mass is 32.2. The molecule has 118 valence electrons. The standard InChI is InChI=1S/C13H21N3O3S2/c1-4-15-12(17)10-9(14)11(21(18,19)5-2)13(20-10)16-8-6-7(8)3/h7-8,16H,4-6,14H2,1-3H3,(H,15,17). The minimum Gasteiger partial charge on any atom is -0.396 e. The summed E-state index contributed by atoms with van der Waals surface area (Å²) in [5.74, 6) is 0.139. The van der Waals surface area contributed by atoms with Crippen molar-refractivity contribution in [1.82, 2.24) is 5.32 Å². The molecule has 0 radical (unpaired) electrons. The van der Waals surface area contributed by atoms with Gasteiger partial charge < -0.3 is 16.4 Å². The van der Waals surface area contributed by atoms with Gasteiger partial charge in [-0.1, -0.05) is 13.8 Å². The number of thiophene rings is 1. The molecule has 1 amide bonds. The van der Waals surface area contributed by atoms with E-state index in [1.54, 1.807) is 13.8 Å². The lowest BCUT2D eigenvalue weighted by molar-refractivity contribution is 0.0960. The zero-order valence-corrected chi connectivity index (χ0v) is 14.0. The Morgan fingerprint density at radius 3 is 2.52 bits per heavy atom. The van der Waals surface area contributed by atoms with Crippen LogP contribution < -0.4 is 16.4 Å². The Hall–Kier alpha value is -1.28. The maximum Gasteiger partial charge on any atom is 0.263 e. The SMILES string of the molecule is CCNC(=O)c1sc(NC2CC2C)c(S(=O)(=O)CC)c1N. The average molecular weight is 331 g/mol. The van der Waals surface area contributed by atoms with Gasteiger partial charge in [0.05, 0.1) is 11.4 Å². The fourth-order valence-electron chi connectivity index (χ4n) is 2.08. The van der Waals surface area contributed by atoms with Crippen molar-refractivity contribution < 1.29 is 13.2 Å². The molecule has 1 saturated carbocycles. The second-order valence-corrected chi connectivity index (χ2v) is 8.47. The van der Waals surface area contributed by atoms with Gasteiger partial charge in [-0.25, -0.2) is 8.42 Å². The Balaban J connectivity index is 2.46. The van der Waals surface area contributed by atoms with E-state index in [0.717, 1.165) is 17.8 Å². The molecule has 0 spiro atoms. The predicted octanol–water partition coefficient (Wildman–Crippen LogP) is 1.69. The molecule has 2 rings (SSSR count). The summed E-state index contributed by atoms with van der Waals surface area (Å²) >= 11 is 1.12. The van der Waals surface area contributed by atoms with Crippen LogP contribution in [0.5, 0.6) is 0 Å². The molecule has 1 fully saturated rings. The Bertz CT molecular complexity index is 652. The third kappa shape index (κ3) is 3.16. The van der Waals surface area contributed by atoms with E-state index in [9.17, 15) is 13.2 Å². The van der Waals surface area contributed by atoms with Crippen molar-refractivity contribution in [3.63, 3.8) is 0 Å². The van der Waals surface area contributed by atoms with E-state index in [1.807, 2.05) is 0 Å². The van der Waals surface area contributed by atoms with Gasteiger partial charge in [-0.15, -0.1) is 11.3 Å². The van der Waals surface area contributed by atoms with Gasteiger partial charge in [-0.05, 0) is 19.3 Å². The van der Waals surface area contributed by atoms with Crippen molar-refractivity contribution in [2.45, 2.75) is 38.1 Å². The van der Waals surface area contributed by atoms with Gasteiger partial charge in [-0.2, -0.15) is 0 Å². The molecule has 21 heavy (non-hydrogen) atoms. The summed E-state index contributed by atoms with van der Waals surface area (Å²) in [6.45, 7) is 5.93. The lowest BCUT2D eigenvalue weighted by atomic mass is 10.3. The summed E-state index contributed by atoms with van der Waals surface area (Å²) in [6, 6.07) is 0.260. The Morgan fingerprint density at radius 2 is 2.05 bits per heavy atom. The molecule has 1 aromatic rings. The molecule has 1 aromatic heterocycles. The lowest BCUT2D eigenvalue weighted by Gasteiger charge is -2.07. The van der Waals surface area contributed by atoms with E-state index in [1.165, 1.54) is 0 Å². The normalized spacial score (nSPS) is 21.1. The van der Waals surface area contributed by atoms with E-state index in [2.05, 4.69) is 17.6 Å². The molecule has 0 bridgehead atoms. The first-order chi connectivity index (χ1) is 9.81. The van der Waals surface area contributed by atoms with Gasteiger partial charge in [-0.3, -0.25) is 4.79 Å². The van der Waals surface area contributed by atoms with Gasteiger partial charge in [0.25, 0.3) is 5.91 Å². The van der Waals surface area contributed by atoms with Crippen molar-refractivity contribution in [3.05, 3.63) is 4.88 Å². The number of nitrogens with one attached hydrogen (secondary N) is 2. The number of sulfone groups is 1. The molecule has 6 nitrogen and oxygen atoms in total. The van der Waals surface area contributed by atoms with Gasteiger partial charge in [0.1, 0.15) is 14.8 Å². The van der Waals surface area contributed by atoms with Crippen molar-refractivity contribution in [1.29, 1.82) is 0 Å². The third-order valence-electron chi connectivity index (χ3n) is 3.56. The molecular formula is C13H21N3O3S2. The van der Waals surface area contributed by atoms with Crippen LogP contribution in [0, 0.1) is 5.92 Å². The van der Waals surface area contributed by atoms with Crippen LogP contribution in [0.2, 0.25) is 0 Å². The summed E-state index contributed by atoms with van der Waals surface area (Å²) in [6.07, 6.45) is 1.000. The van der Waals surface area contributed by atoms with Gasteiger partial charge >= 0.3 is 0 Å². The number of carbonyl (C=O) groups is 1. The highest BCUT2D eigenvalue weighted by molar-refractivity contribution is 7.92. The molecule has 2 atom stereocenters. The first kappa shape index (κ1) is 16.1. The second-order valence-electron chi connectivity index (χ2n) is 5.23. The number of carbonyl (C=O) groups excluding carboxylic acids is 1. The smallest absolute Gasteiger partial charge is 0.263 e. The zero-order valence-electron chi connectivity index (χ0n) is 12.4. The molecule has 2 unspecified atom stereocenters. The van der Waals surface area contributed by atoms with E-state index in [4.69, 9.17) is 5.73 Å². The quantitative estimate of drug-likeness (QED) is 0.736. The number of rotatable bonds is 6. The van der Waals surface area contributed by atoms with Gasteiger partial charge in [0.15, 0.2) is 9.84 Å². The summed E-state index contributed by atoms with van der Waals surface area (Å²) in [5.41, 5.74) is 6.02. The maximum atomic E-state index is 12.3. The van der Waals surface area contributed by atoms with Crippen molar-refractivity contribution >= 4 is 37.8 Å². The van der Waals surface area contributed by atoms with Crippen LogP contribution in [0.3, 0.4) is 0 Å². The first-order valence-corrected chi connectivity index (χ1v) is 9.48. The molecular weight excluding hydrogens is 310 g/mol. The highest BCUT2D eigenvalue weighted by Gasteiger charge is 2.36. The monoisotopic (exact) mass is 331 g/mol. The number of nitrogen functional groups attached to an aromatic ring is 1. The topological polar surface area (TPSA) is 101 Å². The van der Waals surface area contributed by atoms with E-state index >= 15 is 0 Å². The first-order valence-electron chi connectivity index (χ1n) is 7.01. The largest absolute Gasteiger partial charge is 0.396 e. The fraction of sp³-hybridized carbons (Fsp3) is 0.615. The highest BCUT2D eigenvalue weighted by Crippen LogP contribution is 2.43. The second kappa shape index (κ2) is 5.84. The van der Waals surface area contributed by atoms with Crippen molar-refractivity contribution in [2.75, 3.05) is 23.3 Å². The molecule has 0 saturated heterocycles. The molecule has 4 N–H and O–H groups in total. The van der Waals surface area contributed by atoms with E-state index in [0.29, 0.717) is 17.5 Å². The zero-order chi connectivity index (χ0) is 15.8. The van der Waals surface area contributed by atoms with Crippen LogP contribution in [0.1, 0.15) is 36.9 Å². The minimum atomic E-state index is -3.48. The number of anilines is 2. The van der Waals surface area contributed by atoms with Crippen molar-refractivity contribution in [2.24, 2.45) is 5.92 Å². The van der Waals surface area contributed by atoms with Crippen LogP contribution in [-0.4, -0.2) is 32.7 Å². The minimum absolute atomic E-state index is 0.0440.